The van der Waals surface area contributed by atoms with Crippen molar-refractivity contribution in [3.63, 3.8) is 0 Å². The largest absolute Gasteiger partial charge is 0.492 e. The van der Waals surface area contributed by atoms with Crippen molar-refractivity contribution in [2.24, 2.45) is 23.4 Å². The minimum Gasteiger partial charge on any atom is -0.492 e. The van der Waals surface area contributed by atoms with E-state index in [9.17, 15) is 0 Å². The van der Waals surface area contributed by atoms with Crippen LogP contribution in [0.25, 0.3) is 0 Å². The molecule has 7 heteroatoms. The summed E-state index contributed by atoms with van der Waals surface area (Å²) in [6.07, 6.45) is 2.30. The molecular weight excluding hydrogens is 321 g/mol. The molecule has 2 atom stereocenters. The first-order chi connectivity index (χ1) is 12.0. The molecule has 4 N–H and O–H groups in total. The van der Waals surface area contributed by atoms with Gasteiger partial charge in [0.25, 0.3) is 0 Å². The normalized spacial score (nSPS) is 26.9. The van der Waals surface area contributed by atoms with Gasteiger partial charge in [-0.15, -0.1) is 0 Å². The van der Waals surface area contributed by atoms with Gasteiger partial charge >= 0.3 is 0 Å². The highest BCUT2D eigenvalue weighted by atomic mass is 19.1. The van der Waals surface area contributed by atoms with E-state index >= 15 is 4.39 Å². The Morgan fingerprint density at radius 2 is 2.04 bits per heavy atom. The third kappa shape index (κ3) is 2.84. The van der Waals surface area contributed by atoms with Crippen LogP contribution in [-0.4, -0.2) is 44.5 Å². The monoisotopic (exact) mass is 349 g/mol. The summed E-state index contributed by atoms with van der Waals surface area (Å²) in [5.74, 6) is 7.32. The number of benzene rings is 1. The molecule has 6 nitrogen and oxygen atoms in total. The SMILES string of the molecule is COc1c(N2C[C@@H](CN)[C@H](C)C2)c(F)cc2c1N(C1CC1)CN(N)C2. The van der Waals surface area contributed by atoms with Crippen molar-refractivity contribution in [2.45, 2.75) is 32.4 Å². The second-order valence-electron chi connectivity index (χ2n) is 7.72. The molecule has 0 amide bonds. The summed E-state index contributed by atoms with van der Waals surface area (Å²) in [5, 5.41) is 1.74. The number of hydrogen-bond acceptors (Lipinski definition) is 6. The van der Waals surface area contributed by atoms with Gasteiger partial charge in [0, 0.05) is 25.7 Å². The summed E-state index contributed by atoms with van der Waals surface area (Å²) in [5.41, 5.74) is 8.40. The molecule has 0 unspecified atom stereocenters. The van der Waals surface area contributed by atoms with E-state index < -0.39 is 0 Å². The molecule has 0 radical (unpaired) electrons. The Hall–Kier alpha value is -1.57. The lowest BCUT2D eigenvalue weighted by molar-refractivity contribution is 0.255. The first-order valence-corrected chi connectivity index (χ1v) is 9.14. The number of hydrogen-bond donors (Lipinski definition) is 2. The second-order valence-corrected chi connectivity index (χ2v) is 7.72. The molecule has 2 fully saturated rings. The lowest BCUT2D eigenvalue weighted by Gasteiger charge is -2.38. The van der Waals surface area contributed by atoms with Gasteiger partial charge in [-0.25, -0.2) is 9.40 Å². The third-order valence-corrected chi connectivity index (χ3v) is 5.83. The maximum absolute atomic E-state index is 15.1. The van der Waals surface area contributed by atoms with Gasteiger partial charge in [0.05, 0.1) is 19.5 Å². The van der Waals surface area contributed by atoms with E-state index in [4.69, 9.17) is 16.3 Å². The van der Waals surface area contributed by atoms with Gasteiger partial charge in [-0.05, 0) is 42.9 Å². The van der Waals surface area contributed by atoms with E-state index in [1.807, 2.05) is 0 Å². The maximum atomic E-state index is 15.1. The topological polar surface area (TPSA) is 71.0 Å². The van der Waals surface area contributed by atoms with E-state index in [1.54, 1.807) is 18.2 Å². The number of anilines is 2. The zero-order valence-electron chi connectivity index (χ0n) is 15.0. The number of halogens is 1. The van der Waals surface area contributed by atoms with Crippen molar-refractivity contribution in [1.82, 2.24) is 5.01 Å². The number of nitrogens with two attached hydrogens (primary N) is 2. The van der Waals surface area contributed by atoms with Gasteiger partial charge in [0.1, 0.15) is 5.69 Å². The average molecular weight is 349 g/mol. The first-order valence-electron chi connectivity index (χ1n) is 9.14. The van der Waals surface area contributed by atoms with Crippen molar-refractivity contribution in [2.75, 3.05) is 43.2 Å². The fraction of sp³-hybridized carbons (Fsp3) is 0.667. The van der Waals surface area contributed by atoms with Crippen LogP contribution in [-0.2, 0) is 6.54 Å². The molecule has 1 saturated heterocycles. The number of fused-ring (bicyclic) bond motifs is 1. The minimum absolute atomic E-state index is 0.230. The van der Waals surface area contributed by atoms with Crippen LogP contribution in [0.4, 0.5) is 15.8 Å². The highest BCUT2D eigenvalue weighted by Crippen LogP contribution is 2.49. The summed E-state index contributed by atoms with van der Waals surface area (Å²) >= 11 is 0. The molecule has 4 rings (SSSR count). The molecule has 0 aromatic heterocycles. The Morgan fingerprint density at radius 1 is 1.28 bits per heavy atom. The van der Waals surface area contributed by atoms with Crippen LogP contribution >= 0.6 is 0 Å². The summed E-state index contributed by atoms with van der Waals surface area (Å²) < 4.78 is 20.8. The van der Waals surface area contributed by atoms with E-state index in [1.165, 1.54) is 0 Å². The van der Waals surface area contributed by atoms with Crippen LogP contribution in [0.1, 0.15) is 25.3 Å². The standard InChI is InChI=1S/C18H28FN5O/c1-11-7-22(8-13(11)6-20)17-15(19)5-12-9-23(21)10-24(14-3-4-14)16(12)18(17)25-2/h5,11,13-14H,3-4,6-10,20-21H2,1-2H3/t11-,13-/m1/s1. The van der Waals surface area contributed by atoms with Crippen LogP contribution in [0.2, 0.25) is 0 Å². The van der Waals surface area contributed by atoms with Crippen molar-refractivity contribution >= 4 is 11.4 Å². The van der Waals surface area contributed by atoms with Crippen molar-refractivity contribution < 1.29 is 9.13 Å². The minimum atomic E-state index is -0.230. The van der Waals surface area contributed by atoms with Crippen LogP contribution in [0.5, 0.6) is 5.75 Å². The van der Waals surface area contributed by atoms with Crippen LogP contribution in [0.15, 0.2) is 6.07 Å². The molecule has 0 bridgehead atoms. The van der Waals surface area contributed by atoms with E-state index in [0.29, 0.717) is 49.1 Å². The molecule has 1 aromatic carbocycles. The molecule has 1 aliphatic carbocycles. The van der Waals surface area contributed by atoms with Crippen molar-refractivity contribution in [1.29, 1.82) is 0 Å². The van der Waals surface area contributed by atoms with Gasteiger partial charge < -0.3 is 20.3 Å². The molecule has 25 heavy (non-hydrogen) atoms. The Morgan fingerprint density at radius 3 is 2.64 bits per heavy atom. The molecule has 3 aliphatic rings. The van der Waals surface area contributed by atoms with Crippen molar-refractivity contribution in [3.05, 3.63) is 17.4 Å². The fourth-order valence-electron chi connectivity index (χ4n) is 4.32. The third-order valence-electron chi connectivity index (χ3n) is 5.83. The Bertz CT molecular complexity index is 665. The number of rotatable bonds is 4. The molecule has 0 spiro atoms. The Labute approximate surface area is 148 Å². The van der Waals surface area contributed by atoms with Gasteiger partial charge in [0.15, 0.2) is 11.6 Å². The first kappa shape index (κ1) is 16.9. The number of hydrazine groups is 1. The van der Waals surface area contributed by atoms with E-state index in [-0.39, 0.29) is 5.82 Å². The van der Waals surface area contributed by atoms with Crippen molar-refractivity contribution in [3.8, 4) is 5.75 Å². The summed E-state index contributed by atoms with van der Waals surface area (Å²) in [7, 11) is 1.64. The summed E-state index contributed by atoms with van der Waals surface area (Å²) in [6, 6.07) is 2.12. The number of ether oxygens (including phenoxy) is 1. The molecule has 2 heterocycles. The van der Waals surface area contributed by atoms with Gasteiger partial charge in [-0.1, -0.05) is 6.92 Å². The summed E-state index contributed by atoms with van der Waals surface area (Å²) in [4.78, 5) is 4.39. The van der Waals surface area contributed by atoms with E-state index in [2.05, 4.69) is 16.7 Å². The Kier molecular flexibility index (Phi) is 4.25. The fourth-order valence-corrected chi connectivity index (χ4v) is 4.32. The van der Waals surface area contributed by atoms with Gasteiger partial charge in [-0.3, -0.25) is 5.84 Å². The van der Waals surface area contributed by atoms with Gasteiger partial charge in [0.2, 0.25) is 0 Å². The van der Waals surface area contributed by atoms with Crippen LogP contribution < -0.4 is 26.1 Å². The molecule has 1 saturated carbocycles. The highest BCUT2D eigenvalue weighted by molar-refractivity contribution is 5.78. The van der Waals surface area contributed by atoms with Crippen LogP contribution in [0.3, 0.4) is 0 Å². The number of methoxy groups -OCH3 is 1. The average Bonchev–Trinajstić information content (AvgIpc) is 3.35. The Balaban J connectivity index is 1.79. The van der Waals surface area contributed by atoms with Crippen LogP contribution in [0, 0.1) is 17.7 Å². The highest BCUT2D eigenvalue weighted by Gasteiger charge is 2.39. The lowest BCUT2D eigenvalue weighted by atomic mass is 9.99. The molecule has 138 valence electrons. The zero-order valence-corrected chi connectivity index (χ0v) is 15.0. The maximum Gasteiger partial charge on any atom is 0.168 e. The molecular formula is C18H28FN5O. The van der Waals surface area contributed by atoms with E-state index in [0.717, 1.165) is 37.2 Å². The number of nitrogens with zero attached hydrogens (tertiary/aromatic N) is 3. The molecule has 2 aliphatic heterocycles. The zero-order chi connectivity index (χ0) is 17.7. The quantitative estimate of drug-likeness (QED) is 0.803. The predicted octanol–water partition coefficient (Wildman–Crippen LogP) is 1.48. The van der Waals surface area contributed by atoms with Gasteiger partial charge in [-0.2, -0.15) is 0 Å². The molecule has 1 aromatic rings. The predicted molar refractivity (Wildman–Crippen MR) is 97.0 cm³/mol. The lowest BCUT2D eigenvalue weighted by Crippen LogP contribution is -2.47. The smallest absolute Gasteiger partial charge is 0.168 e. The summed E-state index contributed by atoms with van der Waals surface area (Å²) in [6.45, 7) is 5.58. The second kappa shape index (κ2) is 6.30.